The number of aromatic nitrogens is 1. The van der Waals surface area contributed by atoms with Gasteiger partial charge in [-0.15, -0.1) is 0 Å². The van der Waals surface area contributed by atoms with Gasteiger partial charge in [0.25, 0.3) is 0 Å². The lowest BCUT2D eigenvalue weighted by atomic mass is 9.78. The average molecular weight is 371 g/mol. The van der Waals surface area contributed by atoms with Crippen LogP contribution in [0.2, 0.25) is 0 Å². The van der Waals surface area contributed by atoms with Crippen LogP contribution in [0, 0.1) is 5.41 Å². The summed E-state index contributed by atoms with van der Waals surface area (Å²) in [5.41, 5.74) is 0.134. The predicted octanol–water partition coefficient (Wildman–Crippen LogP) is 2.84. The van der Waals surface area contributed by atoms with Crippen molar-refractivity contribution < 1.29 is 19.0 Å². The molecule has 1 aromatic carbocycles. The fraction of sp³-hybridized carbons (Fsp3) is 0.400. The van der Waals surface area contributed by atoms with Gasteiger partial charge in [-0.05, 0) is 56.3 Å². The van der Waals surface area contributed by atoms with Crippen molar-refractivity contribution in [2.24, 2.45) is 5.41 Å². The molecule has 2 N–H and O–H groups in total. The number of benzene rings is 1. The molecule has 1 aromatic heterocycles. The zero-order valence-corrected chi connectivity index (χ0v) is 15.7. The first-order chi connectivity index (χ1) is 13.1. The number of carbonyl (C=O) groups is 1. The third-order valence-corrected chi connectivity index (χ3v) is 4.74. The Hall–Kier alpha value is -2.64. The number of ether oxygens (including phenoxy) is 3. The van der Waals surface area contributed by atoms with Crippen LogP contribution in [0.25, 0.3) is 0 Å². The molecule has 27 heavy (non-hydrogen) atoms. The third-order valence-electron chi connectivity index (χ3n) is 4.74. The first-order valence-electron chi connectivity index (χ1n) is 8.94. The van der Waals surface area contributed by atoms with Gasteiger partial charge >= 0.3 is 0 Å². The van der Waals surface area contributed by atoms with Crippen molar-refractivity contribution in [2.45, 2.75) is 12.8 Å². The van der Waals surface area contributed by atoms with Crippen molar-refractivity contribution in [1.29, 1.82) is 0 Å². The number of methoxy groups -OCH3 is 2. The number of nitrogens with one attached hydrogen (secondary N) is 2. The maximum Gasteiger partial charge on any atom is 0.233 e. The zero-order chi connectivity index (χ0) is 19.1. The number of piperidine rings is 1. The fourth-order valence-electron chi connectivity index (χ4n) is 3.16. The molecule has 0 aliphatic carbocycles. The van der Waals surface area contributed by atoms with E-state index >= 15 is 0 Å². The molecule has 7 heteroatoms. The molecule has 0 unspecified atom stereocenters. The summed E-state index contributed by atoms with van der Waals surface area (Å²) in [7, 11) is 3.24. The molecule has 144 valence electrons. The number of anilines is 1. The maximum atomic E-state index is 12.8. The van der Waals surface area contributed by atoms with E-state index in [1.165, 1.54) is 0 Å². The van der Waals surface area contributed by atoms with Crippen LogP contribution in [0.1, 0.15) is 12.8 Å². The maximum absolute atomic E-state index is 12.8. The number of hydrogen-bond acceptors (Lipinski definition) is 6. The molecule has 7 nitrogen and oxygen atoms in total. The van der Waals surface area contributed by atoms with Gasteiger partial charge in [0.2, 0.25) is 11.8 Å². The summed E-state index contributed by atoms with van der Waals surface area (Å²) < 4.78 is 16.1. The fourth-order valence-corrected chi connectivity index (χ4v) is 3.16. The van der Waals surface area contributed by atoms with E-state index in [0.717, 1.165) is 31.7 Å². The van der Waals surface area contributed by atoms with E-state index in [2.05, 4.69) is 15.6 Å². The van der Waals surface area contributed by atoms with Crippen LogP contribution in [0.15, 0.2) is 42.6 Å². The molecule has 0 atom stereocenters. The molecule has 3 rings (SSSR count). The van der Waals surface area contributed by atoms with Crippen molar-refractivity contribution >= 4 is 11.6 Å². The van der Waals surface area contributed by atoms with E-state index in [9.17, 15) is 4.79 Å². The Morgan fingerprint density at radius 2 is 1.81 bits per heavy atom. The first-order valence-corrected chi connectivity index (χ1v) is 8.94. The van der Waals surface area contributed by atoms with Crippen LogP contribution in [-0.2, 0) is 9.53 Å². The molecule has 1 saturated heterocycles. The zero-order valence-electron chi connectivity index (χ0n) is 15.7. The number of nitrogens with zero attached hydrogens (tertiary/aromatic N) is 1. The highest BCUT2D eigenvalue weighted by Crippen LogP contribution is 2.31. The van der Waals surface area contributed by atoms with Gasteiger partial charge in [-0.1, -0.05) is 0 Å². The average Bonchev–Trinajstić information content (AvgIpc) is 2.71. The van der Waals surface area contributed by atoms with Crippen LogP contribution in [0.5, 0.6) is 17.4 Å². The van der Waals surface area contributed by atoms with E-state index in [1.54, 1.807) is 32.5 Å². The summed E-state index contributed by atoms with van der Waals surface area (Å²) in [6.45, 7) is 2.03. The molecule has 2 aromatic rings. The van der Waals surface area contributed by atoms with Gasteiger partial charge in [-0.3, -0.25) is 4.79 Å². The highest BCUT2D eigenvalue weighted by molar-refractivity contribution is 5.95. The van der Waals surface area contributed by atoms with Gasteiger partial charge in [0.05, 0.1) is 31.0 Å². The summed E-state index contributed by atoms with van der Waals surface area (Å²) in [4.78, 5) is 17.1. The smallest absolute Gasteiger partial charge is 0.233 e. The van der Waals surface area contributed by atoms with Crippen LogP contribution in [0.4, 0.5) is 5.69 Å². The van der Waals surface area contributed by atoms with E-state index in [4.69, 9.17) is 14.2 Å². The Bertz CT molecular complexity index is 735. The van der Waals surface area contributed by atoms with Gasteiger partial charge in [0.15, 0.2) is 0 Å². The topological polar surface area (TPSA) is 81.7 Å². The van der Waals surface area contributed by atoms with E-state index in [0.29, 0.717) is 23.9 Å². The van der Waals surface area contributed by atoms with E-state index < -0.39 is 5.41 Å². The second-order valence-electron chi connectivity index (χ2n) is 6.58. The van der Waals surface area contributed by atoms with Crippen LogP contribution < -0.4 is 20.1 Å². The van der Waals surface area contributed by atoms with Crippen LogP contribution in [-0.4, -0.2) is 44.8 Å². The van der Waals surface area contributed by atoms with Gasteiger partial charge in [0, 0.05) is 13.2 Å². The highest BCUT2D eigenvalue weighted by atomic mass is 16.5. The molecule has 0 bridgehead atoms. The van der Waals surface area contributed by atoms with Gasteiger partial charge in [0.1, 0.15) is 11.5 Å². The lowest BCUT2D eigenvalue weighted by Gasteiger charge is -2.35. The number of amides is 1. The van der Waals surface area contributed by atoms with Gasteiger partial charge in [-0.25, -0.2) is 4.98 Å². The summed E-state index contributed by atoms with van der Waals surface area (Å²) in [5.74, 6) is 1.84. The Labute approximate surface area is 159 Å². The Morgan fingerprint density at radius 1 is 1.11 bits per heavy atom. The number of hydrogen-bond donors (Lipinski definition) is 2. The van der Waals surface area contributed by atoms with E-state index in [-0.39, 0.29) is 5.91 Å². The Morgan fingerprint density at radius 3 is 2.41 bits per heavy atom. The molecule has 0 saturated carbocycles. The van der Waals surface area contributed by atoms with Crippen LogP contribution >= 0.6 is 0 Å². The minimum atomic E-state index is -0.502. The summed E-state index contributed by atoms with van der Waals surface area (Å²) in [6.07, 6.45) is 3.09. The number of rotatable bonds is 7. The second-order valence-corrected chi connectivity index (χ2v) is 6.58. The Kier molecular flexibility index (Phi) is 6.26. The largest absolute Gasteiger partial charge is 0.497 e. The van der Waals surface area contributed by atoms with Crippen LogP contribution in [0.3, 0.4) is 0 Å². The monoisotopic (exact) mass is 371 g/mol. The summed E-state index contributed by atoms with van der Waals surface area (Å²) in [5, 5.41) is 6.24. The standard InChI is InChI=1S/C20H25N3O4/c1-25-14-20(9-11-21-12-10-20)19(24)23-15-3-8-18(22-13-15)27-17-6-4-16(26-2)5-7-17/h3-8,13,21H,9-12,14H2,1-2H3,(H,23,24). The SMILES string of the molecule is COCC1(C(=O)Nc2ccc(Oc3ccc(OC)cc3)nc2)CCNCC1. The van der Waals surface area contributed by atoms with Crippen molar-refractivity contribution in [3.8, 4) is 17.4 Å². The van der Waals surface area contributed by atoms with Crippen molar-refractivity contribution in [3.05, 3.63) is 42.6 Å². The minimum absolute atomic E-state index is 0.0310. The molecule has 2 heterocycles. The van der Waals surface area contributed by atoms with Gasteiger partial charge in [-0.2, -0.15) is 0 Å². The van der Waals surface area contributed by atoms with E-state index in [1.807, 2.05) is 24.3 Å². The Balaban J connectivity index is 1.63. The minimum Gasteiger partial charge on any atom is -0.497 e. The molecular weight excluding hydrogens is 346 g/mol. The van der Waals surface area contributed by atoms with Gasteiger partial charge < -0.3 is 24.8 Å². The lowest BCUT2D eigenvalue weighted by Crippen LogP contribution is -2.47. The first kappa shape index (κ1) is 19.1. The highest BCUT2D eigenvalue weighted by Gasteiger charge is 2.39. The molecule has 1 amide bonds. The summed E-state index contributed by atoms with van der Waals surface area (Å²) in [6, 6.07) is 10.8. The summed E-state index contributed by atoms with van der Waals surface area (Å²) >= 11 is 0. The quantitative estimate of drug-likeness (QED) is 0.779. The van der Waals surface area contributed by atoms with Crippen molar-refractivity contribution in [3.63, 3.8) is 0 Å². The predicted molar refractivity (Wildman–Crippen MR) is 102 cm³/mol. The number of pyridine rings is 1. The third kappa shape index (κ3) is 4.75. The molecule has 1 fully saturated rings. The number of carbonyl (C=O) groups excluding carboxylic acids is 1. The van der Waals surface area contributed by atoms with Crippen molar-refractivity contribution in [2.75, 3.05) is 39.2 Å². The molecule has 0 radical (unpaired) electrons. The molecule has 1 aliphatic rings. The lowest BCUT2D eigenvalue weighted by molar-refractivity contribution is -0.130. The normalized spacial score (nSPS) is 15.8. The van der Waals surface area contributed by atoms with Crippen molar-refractivity contribution in [1.82, 2.24) is 10.3 Å². The molecule has 1 aliphatic heterocycles. The molecular formula is C20H25N3O4. The molecule has 0 spiro atoms. The second kappa shape index (κ2) is 8.83.